The summed E-state index contributed by atoms with van der Waals surface area (Å²) >= 11 is 1.04. The second-order valence-corrected chi connectivity index (χ2v) is 6.37. The number of amides is 1. The summed E-state index contributed by atoms with van der Waals surface area (Å²) in [6.07, 6.45) is 1.61. The number of carbonyl (C=O) groups excluding carboxylic acids is 2. The number of methoxy groups -OCH3 is 1. The molecule has 0 saturated heterocycles. The lowest BCUT2D eigenvalue weighted by molar-refractivity contribution is -0.145. The highest BCUT2D eigenvalue weighted by molar-refractivity contribution is 7.99. The average Bonchev–Trinajstić information content (AvgIpc) is 2.66. The molecule has 2 rings (SSSR count). The molecule has 0 unspecified atom stereocenters. The van der Waals surface area contributed by atoms with Gasteiger partial charge in [0.25, 0.3) is 5.56 Å². The zero-order valence-electron chi connectivity index (χ0n) is 14.8. The summed E-state index contributed by atoms with van der Waals surface area (Å²) in [4.78, 5) is 39.9. The molecule has 142 valence electrons. The normalized spacial score (nSPS) is 11.4. The maximum Gasteiger partial charge on any atom is 0.333 e. The second kappa shape index (κ2) is 9.58. The second-order valence-electron chi connectivity index (χ2n) is 5.42. The lowest BCUT2D eigenvalue weighted by Gasteiger charge is -2.17. The molecular formula is C18H20N4O4S. The quantitative estimate of drug-likeness (QED) is 0.301. The van der Waals surface area contributed by atoms with E-state index in [1.54, 1.807) is 41.0 Å². The van der Waals surface area contributed by atoms with Gasteiger partial charge in [-0.2, -0.15) is 4.98 Å². The van der Waals surface area contributed by atoms with Crippen molar-refractivity contribution in [2.75, 3.05) is 18.6 Å². The Labute approximate surface area is 160 Å². The molecule has 0 spiro atoms. The summed E-state index contributed by atoms with van der Waals surface area (Å²) in [5.41, 5.74) is 5.94. The monoisotopic (exact) mass is 388 g/mol. The molecule has 0 bridgehead atoms. The molecule has 1 aromatic heterocycles. The van der Waals surface area contributed by atoms with Crippen LogP contribution in [0.2, 0.25) is 0 Å². The topological polar surface area (TPSA) is 116 Å². The number of benzene rings is 1. The Hall–Kier alpha value is -3.07. The molecule has 9 heteroatoms. The lowest BCUT2D eigenvalue weighted by Crippen LogP contribution is -2.35. The zero-order valence-corrected chi connectivity index (χ0v) is 15.6. The first kappa shape index (κ1) is 20.2. The minimum Gasteiger partial charge on any atom is -0.467 e. The maximum atomic E-state index is 12.4. The Morgan fingerprint density at radius 1 is 1.41 bits per heavy atom. The number of hydrogen-bond donors (Lipinski definition) is 2. The van der Waals surface area contributed by atoms with Crippen molar-refractivity contribution in [1.29, 1.82) is 0 Å². The van der Waals surface area contributed by atoms with E-state index < -0.39 is 23.5 Å². The van der Waals surface area contributed by atoms with Crippen LogP contribution in [-0.2, 0) is 20.9 Å². The number of anilines is 1. The highest BCUT2D eigenvalue weighted by Gasteiger charge is 2.23. The van der Waals surface area contributed by atoms with Gasteiger partial charge in [0, 0.05) is 12.6 Å². The summed E-state index contributed by atoms with van der Waals surface area (Å²) in [6.45, 7) is 3.98. The number of nitrogens with two attached hydrogens (primary N) is 1. The van der Waals surface area contributed by atoms with Gasteiger partial charge in [0.2, 0.25) is 5.91 Å². The molecule has 27 heavy (non-hydrogen) atoms. The molecule has 0 fully saturated rings. The van der Waals surface area contributed by atoms with Crippen molar-refractivity contribution in [3.8, 4) is 0 Å². The molecule has 2 aromatic rings. The number of allylic oxidation sites excluding steroid dienone is 1. The number of nitrogen functional groups attached to an aromatic ring is 1. The predicted octanol–water partition coefficient (Wildman–Crippen LogP) is 1.13. The van der Waals surface area contributed by atoms with Crippen molar-refractivity contribution >= 4 is 29.5 Å². The van der Waals surface area contributed by atoms with Crippen molar-refractivity contribution in [2.45, 2.75) is 17.7 Å². The van der Waals surface area contributed by atoms with Gasteiger partial charge in [0.1, 0.15) is 5.82 Å². The number of thioether (sulfide) groups is 1. The Morgan fingerprint density at radius 3 is 2.74 bits per heavy atom. The van der Waals surface area contributed by atoms with Crippen LogP contribution >= 0.6 is 11.8 Å². The summed E-state index contributed by atoms with van der Waals surface area (Å²) in [5.74, 6) is -0.825. The number of nitrogens with zero attached hydrogens (tertiary/aromatic N) is 2. The number of esters is 1. The summed E-state index contributed by atoms with van der Waals surface area (Å²) < 4.78 is 6.34. The standard InChI is InChI=1S/C18H20N4O4S/c1-3-9-22-13(19)10-14(23)21-18(22)27-11-15(24)20-16(17(25)26-2)12-7-5-4-6-8-12/h3-8,10,16H,1,9,11,19H2,2H3,(H,20,24)/t16-/m0/s1. The van der Waals surface area contributed by atoms with Crippen LogP contribution in [0, 0.1) is 0 Å². The number of ether oxygens (including phenoxy) is 1. The molecule has 1 heterocycles. The molecule has 0 radical (unpaired) electrons. The first-order valence-electron chi connectivity index (χ1n) is 7.99. The number of nitrogens with one attached hydrogen (secondary N) is 1. The molecule has 1 aromatic carbocycles. The van der Waals surface area contributed by atoms with Gasteiger partial charge in [0.05, 0.1) is 12.9 Å². The van der Waals surface area contributed by atoms with Crippen LogP contribution in [0.5, 0.6) is 0 Å². The molecule has 8 nitrogen and oxygen atoms in total. The van der Waals surface area contributed by atoms with Gasteiger partial charge in [-0.1, -0.05) is 48.2 Å². The Bertz CT molecular complexity index is 883. The van der Waals surface area contributed by atoms with Crippen LogP contribution in [0.1, 0.15) is 11.6 Å². The van der Waals surface area contributed by atoms with Crippen LogP contribution in [0.3, 0.4) is 0 Å². The highest BCUT2D eigenvalue weighted by Crippen LogP contribution is 2.19. The van der Waals surface area contributed by atoms with Crippen molar-refractivity contribution in [2.24, 2.45) is 0 Å². The first-order chi connectivity index (χ1) is 13.0. The number of carbonyl (C=O) groups is 2. The van der Waals surface area contributed by atoms with Crippen molar-refractivity contribution < 1.29 is 14.3 Å². The van der Waals surface area contributed by atoms with Crippen LogP contribution < -0.4 is 16.6 Å². The Balaban J connectivity index is 2.12. The molecular weight excluding hydrogens is 368 g/mol. The minimum atomic E-state index is -0.923. The van der Waals surface area contributed by atoms with E-state index in [4.69, 9.17) is 10.5 Å². The zero-order chi connectivity index (χ0) is 19.8. The molecule has 1 atom stereocenters. The molecule has 0 aliphatic carbocycles. The molecule has 0 aliphatic rings. The highest BCUT2D eigenvalue weighted by atomic mass is 32.2. The fraction of sp³-hybridized carbons (Fsp3) is 0.222. The largest absolute Gasteiger partial charge is 0.467 e. The third kappa shape index (κ3) is 5.45. The average molecular weight is 388 g/mol. The van der Waals surface area contributed by atoms with E-state index in [1.165, 1.54) is 13.2 Å². The Morgan fingerprint density at radius 2 is 2.11 bits per heavy atom. The molecule has 0 saturated carbocycles. The van der Waals surface area contributed by atoms with Gasteiger partial charge in [-0.15, -0.1) is 6.58 Å². The summed E-state index contributed by atoms with van der Waals surface area (Å²) in [5, 5.41) is 2.93. The SMILES string of the molecule is C=CCn1c(N)cc(=O)nc1SCC(=O)N[C@H](C(=O)OC)c1ccccc1. The third-order valence-electron chi connectivity index (χ3n) is 3.54. The van der Waals surface area contributed by atoms with Crippen LogP contribution in [-0.4, -0.2) is 34.3 Å². The van der Waals surface area contributed by atoms with E-state index in [2.05, 4.69) is 16.9 Å². The van der Waals surface area contributed by atoms with Gasteiger partial charge in [-0.25, -0.2) is 4.79 Å². The van der Waals surface area contributed by atoms with E-state index >= 15 is 0 Å². The minimum absolute atomic E-state index is 0.0621. The fourth-order valence-electron chi connectivity index (χ4n) is 2.30. The van der Waals surface area contributed by atoms with Crippen LogP contribution in [0.15, 0.2) is 59.0 Å². The van der Waals surface area contributed by atoms with Crippen molar-refractivity contribution in [1.82, 2.24) is 14.9 Å². The van der Waals surface area contributed by atoms with Gasteiger partial charge in [0.15, 0.2) is 11.2 Å². The molecule has 0 aliphatic heterocycles. The first-order valence-corrected chi connectivity index (χ1v) is 8.98. The van der Waals surface area contributed by atoms with Gasteiger partial charge in [-0.3, -0.25) is 9.59 Å². The predicted molar refractivity (Wildman–Crippen MR) is 103 cm³/mol. The van der Waals surface area contributed by atoms with Crippen molar-refractivity contribution in [3.63, 3.8) is 0 Å². The van der Waals surface area contributed by atoms with E-state index in [9.17, 15) is 14.4 Å². The molecule has 1 amide bonds. The van der Waals surface area contributed by atoms with Gasteiger partial charge < -0.3 is 20.4 Å². The summed E-state index contributed by atoms with van der Waals surface area (Å²) in [7, 11) is 1.25. The number of aromatic nitrogens is 2. The van der Waals surface area contributed by atoms with Gasteiger partial charge in [-0.05, 0) is 5.56 Å². The van der Waals surface area contributed by atoms with E-state index in [0.717, 1.165) is 11.8 Å². The van der Waals surface area contributed by atoms with Crippen molar-refractivity contribution in [3.05, 3.63) is 65.0 Å². The fourth-order valence-corrected chi connectivity index (χ4v) is 3.13. The molecule has 3 N–H and O–H groups in total. The lowest BCUT2D eigenvalue weighted by atomic mass is 10.1. The van der Waals surface area contributed by atoms with Crippen LogP contribution in [0.25, 0.3) is 0 Å². The number of rotatable bonds is 8. The van der Waals surface area contributed by atoms with E-state index in [1.807, 2.05) is 0 Å². The maximum absolute atomic E-state index is 12.4. The van der Waals surface area contributed by atoms with E-state index in [-0.39, 0.29) is 11.6 Å². The Kier molecular flexibility index (Phi) is 7.18. The van der Waals surface area contributed by atoms with E-state index in [0.29, 0.717) is 17.3 Å². The third-order valence-corrected chi connectivity index (χ3v) is 4.52. The van der Waals surface area contributed by atoms with Crippen LogP contribution in [0.4, 0.5) is 5.82 Å². The smallest absolute Gasteiger partial charge is 0.333 e. The van der Waals surface area contributed by atoms with Gasteiger partial charge >= 0.3 is 5.97 Å². The number of hydrogen-bond acceptors (Lipinski definition) is 7. The summed E-state index contributed by atoms with van der Waals surface area (Å²) in [6, 6.07) is 9.05.